The molecular formula is C28H22ClF2NO5S. The van der Waals surface area contributed by atoms with Crippen LogP contribution in [0, 0.1) is 11.6 Å². The summed E-state index contributed by atoms with van der Waals surface area (Å²) in [5.41, 5.74) is 1.48. The summed E-state index contributed by atoms with van der Waals surface area (Å²) in [4.78, 5) is 14.7. The molecule has 0 radical (unpaired) electrons. The van der Waals surface area contributed by atoms with Gasteiger partial charge in [-0.1, -0.05) is 41.9 Å². The predicted octanol–water partition coefficient (Wildman–Crippen LogP) is 6.24. The van der Waals surface area contributed by atoms with Crippen molar-refractivity contribution in [3.63, 3.8) is 0 Å². The van der Waals surface area contributed by atoms with E-state index in [0.29, 0.717) is 11.1 Å². The van der Waals surface area contributed by atoms with Gasteiger partial charge in [0.05, 0.1) is 17.7 Å². The molecule has 0 saturated heterocycles. The minimum atomic E-state index is -4.31. The summed E-state index contributed by atoms with van der Waals surface area (Å²) in [6, 6.07) is 21.2. The van der Waals surface area contributed by atoms with E-state index < -0.39 is 21.8 Å². The highest BCUT2D eigenvalue weighted by atomic mass is 35.5. The Balaban J connectivity index is 1.66. The Bertz CT molecular complexity index is 1540. The minimum Gasteiger partial charge on any atom is -0.493 e. The molecule has 0 aliphatic heterocycles. The Labute approximate surface area is 224 Å². The average molecular weight is 558 g/mol. The first-order valence-electron chi connectivity index (χ1n) is 11.3. The van der Waals surface area contributed by atoms with Crippen molar-refractivity contribution in [3.05, 3.63) is 124 Å². The van der Waals surface area contributed by atoms with Crippen LogP contribution in [0.3, 0.4) is 0 Å². The summed E-state index contributed by atoms with van der Waals surface area (Å²) >= 11 is 6.27. The van der Waals surface area contributed by atoms with Crippen LogP contribution in [0.25, 0.3) is 0 Å². The summed E-state index contributed by atoms with van der Waals surface area (Å²) < 4.78 is 62.9. The van der Waals surface area contributed by atoms with Gasteiger partial charge in [0.15, 0.2) is 11.5 Å². The normalized spacial score (nSPS) is 11.2. The van der Waals surface area contributed by atoms with Gasteiger partial charge in [-0.2, -0.15) is 8.42 Å². The zero-order valence-electron chi connectivity index (χ0n) is 20.1. The second-order valence-electron chi connectivity index (χ2n) is 8.24. The molecule has 4 aromatic rings. The first-order valence-corrected chi connectivity index (χ1v) is 13.1. The monoisotopic (exact) mass is 557 g/mol. The van der Waals surface area contributed by atoms with E-state index in [1.807, 2.05) is 0 Å². The van der Waals surface area contributed by atoms with E-state index >= 15 is 0 Å². The highest BCUT2D eigenvalue weighted by Gasteiger charge is 2.22. The first-order chi connectivity index (χ1) is 18.2. The molecule has 4 aromatic carbocycles. The maximum atomic E-state index is 13.5. The van der Waals surface area contributed by atoms with Crippen molar-refractivity contribution >= 4 is 27.6 Å². The van der Waals surface area contributed by atoms with Gasteiger partial charge in [0.25, 0.3) is 5.91 Å². The van der Waals surface area contributed by atoms with Crippen LogP contribution >= 0.6 is 11.6 Å². The zero-order valence-corrected chi connectivity index (χ0v) is 21.7. The Kier molecular flexibility index (Phi) is 8.29. The molecule has 4 rings (SSSR count). The largest absolute Gasteiger partial charge is 0.493 e. The molecule has 0 saturated carbocycles. The number of halogens is 3. The average Bonchev–Trinajstić information content (AvgIpc) is 2.89. The summed E-state index contributed by atoms with van der Waals surface area (Å²) in [7, 11) is -2.95. The maximum Gasteiger partial charge on any atom is 0.339 e. The topological polar surface area (TPSA) is 72.9 Å². The smallest absolute Gasteiger partial charge is 0.339 e. The number of amides is 1. The van der Waals surface area contributed by atoms with Crippen molar-refractivity contribution in [1.29, 1.82) is 0 Å². The number of ether oxygens (including phenoxy) is 1. The second kappa shape index (κ2) is 11.6. The Morgan fingerprint density at radius 2 is 1.39 bits per heavy atom. The maximum absolute atomic E-state index is 13.5. The van der Waals surface area contributed by atoms with Crippen molar-refractivity contribution < 1.29 is 30.9 Å². The van der Waals surface area contributed by atoms with Crippen molar-refractivity contribution in [1.82, 2.24) is 4.90 Å². The molecule has 0 N–H and O–H groups in total. The molecule has 0 unspecified atom stereocenters. The van der Waals surface area contributed by atoms with E-state index in [1.54, 1.807) is 42.5 Å². The van der Waals surface area contributed by atoms with Crippen molar-refractivity contribution in [2.75, 3.05) is 7.11 Å². The quantitative estimate of drug-likeness (QED) is 0.228. The highest BCUT2D eigenvalue weighted by Crippen LogP contribution is 2.32. The molecule has 0 heterocycles. The fourth-order valence-corrected chi connectivity index (χ4v) is 4.84. The molecule has 0 bridgehead atoms. The first kappa shape index (κ1) is 27.1. The Hall–Kier alpha value is -3.95. The minimum absolute atomic E-state index is 0.0401. The number of rotatable bonds is 9. The Morgan fingerprint density at radius 3 is 2.03 bits per heavy atom. The molecule has 1 amide bonds. The van der Waals surface area contributed by atoms with E-state index in [1.165, 1.54) is 36.3 Å². The van der Waals surface area contributed by atoms with Gasteiger partial charge in [0.2, 0.25) is 0 Å². The van der Waals surface area contributed by atoms with Gasteiger partial charge in [0.1, 0.15) is 16.5 Å². The molecule has 0 aliphatic rings. The number of hydrogen-bond donors (Lipinski definition) is 0. The molecule has 0 atom stereocenters. The van der Waals surface area contributed by atoms with Crippen LogP contribution in [0.4, 0.5) is 8.78 Å². The van der Waals surface area contributed by atoms with Crippen molar-refractivity contribution in [2.45, 2.75) is 18.0 Å². The van der Waals surface area contributed by atoms with Gasteiger partial charge in [0, 0.05) is 13.1 Å². The van der Waals surface area contributed by atoms with Crippen LogP contribution in [0.1, 0.15) is 21.5 Å². The van der Waals surface area contributed by atoms with E-state index in [2.05, 4.69) is 0 Å². The number of nitrogens with zero attached hydrogens (tertiary/aromatic N) is 1. The predicted molar refractivity (Wildman–Crippen MR) is 139 cm³/mol. The van der Waals surface area contributed by atoms with Crippen molar-refractivity contribution in [3.8, 4) is 11.5 Å². The summed E-state index contributed by atoms with van der Waals surface area (Å²) in [6.07, 6.45) is 0. The van der Waals surface area contributed by atoms with Crippen LogP contribution in [-0.4, -0.2) is 26.3 Å². The molecule has 0 fully saturated rings. The lowest BCUT2D eigenvalue weighted by atomic mass is 10.1. The van der Waals surface area contributed by atoms with Crippen molar-refractivity contribution in [2.24, 2.45) is 0 Å². The van der Waals surface area contributed by atoms with Crippen LogP contribution in [0.2, 0.25) is 5.02 Å². The van der Waals surface area contributed by atoms with Gasteiger partial charge in [-0.05, 0) is 71.8 Å². The van der Waals surface area contributed by atoms with E-state index in [4.69, 9.17) is 20.5 Å². The van der Waals surface area contributed by atoms with Gasteiger partial charge >= 0.3 is 10.1 Å². The van der Waals surface area contributed by atoms with Gasteiger partial charge in [-0.3, -0.25) is 4.79 Å². The van der Waals surface area contributed by atoms with Gasteiger partial charge < -0.3 is 13.8 Å². The van der Waals surface area contributed by atoms with Gasteiger partial charge in [-0.15, -0.1) is 0 Å². The number of carbonyl (C=O) groups excluding carboxylic acids is 1. The second-order valence-corrected chi connectivity index (χ2v) is 10.2. The Morgan fingerprint density at radius 1 is 0.816 bits per heavy atom. The summed E-state index contributed by atoms with van der Waals surface area (Å²) in [5.74, 6) is -1.34. The van der Waals surface area contributed by atoms with Crippen LogP contribution < -0.4 is 8.92 Å². The fourth-order valence-electron chi connectivity index (χ4n) is 3.69. The van der Waals surface area contributed by atoms with Crippen LogP contribution in [0.15, 0.2) is 95.9 Å². The molecule has 0 aliphatic carbocycles. The SMILES string of the molecule is COc1ccc(CN(Cc2ccc(F)cc2)C(=O)c2ccccc2Cl)cc1OS(=O)(=O)c1ccc(F)cc1. The lowest BCUT2D eigenvalue weighted by molar-refractivity contribution is 0.0730. The lowest BCUT2D eigenvalue weighted by Gasteiger charge is -2.24. The molecular weight excluding hydrogens is 536 g/mol. The summed E-state index contributed by atoms with van der Waals surface area (Å²) in [6.45, 7) is 0.165. The number of carbonyl (C=O) groups is 1. The third kappa shape index (κ3) is 6.48. The van der Waals surface area contributed by atoms with Crippen LogP contribution in [-0.2, 0) is 23.2 Å². The highest BCUT2D eigenvalue weighted by molar-refractivity contribution is 7.87. The van der Waals surface area contributed by atoms with E-state index in [9.17, 15) is 22.0 Å². The third-order valence-electron chi connectivity index (χ3n) is 5.58. The zero-order chi connectivity index (χ0) is 27.3. The fraction of sp³-hybridized carbons (Fsp3) is 0.107. The molecule has 38 heavy (non-hydrogen) atoms. The molecule has 0 spiro atoms. The number of methoxy groups -OCH3 is 1. The van der Waals surface area contributed by atoms with E-state index in [-0.39, 0.29) is 46.0 Å². The molecule has 0 aromatic heterocycles. The lowest BCUT2D eigenvalue weighted by Crippen LogP contribution is -2.30. The third-order valence-corrected chi connectivity index (χ3v) is 7.16. The van der Waals surface area contributed by atoms with Crippen LogP contribution in [0.5, 0.6) is 11.5 Å². The molecule has 10 heteroatoms. The molecule has 196 valence electrons. The van der Waals surface area contributed by atoms with Gasteiger partial charge in [-0.25, -0.2) is 8.78 Å². The van der Waals surface area contributed by atoms with E-state index in [0.717, 1.165) is 24.3 Å². The standard InChI is InChI=1S/C28H22ClF2NO5S/c1-36-26-15-8-20(16-27(26)37-38(34,35)23-13-11-22(31)12-14-23)18-32(17-19-6-9-21(30)10-7-19)28(33)24-4-2-3-5-25(24)29/h2-16H,17-18H2,1H3. The number of benzene rings is 4. The summed E-state index contributed by atoms with van der Waals surface area (Å²) in [5, 5.41) is 0.269. The number of hydrogen-bond acceptors (Lipinski definition) is 5. The molecule has 6 nitrogen and oxygen atoms in total.